The molecule has 6 nitrogen and oxygen atoms in total. The molecule has 0 radical (unpaired) electrons. The van der Waals surface area contributed by atoms with Gasteiger partial charge in [-0.15, -0.1) is 0 Å². The molecule has 7 heteroatoms. The van der Waals surface area contributed by atoms with Gasteiger partial charge in [0, 0.05) is 18.5 Å². The summed E-state index contributed by atoms with van der Waals surface area (Å²) in [5, 5.41) is 14.4. The lowest BCUT2D eigenvalue weighted by atomic mass is 10.1. The summed E-state index contributed by atoms with van der Waals surface area (Å²) in [6, 6.07) is 4.17. The third kappa shape index (κ3) is 5.35. The van der Waals surface area contributed by atoms with Crippen LogP contribution < -0.4 is 16.8 Å². The molecule has 1 aromatic rings. The van der Waals surface area contributed by atoms with Crippen molar-refractivity contribution >= 4 is 11.7 Å². The van der Waals surface area contributed by atoms with Gasteiger partial charge >= 0.3 is 0 Å². The van der Waals surface area contributed by atoms with Crippen LogP contribution in [-0.2, 0) is 11.3 Å². The Bertz CT molecular complexity index is 477. The van der Waals surface area contributed by atoms with Gasteiger partial charge in [0.2, 0.25) is 5.91 Å². The molecule has 0 saturated heterocycles. The minimum Gasteiger partial charge on any atom is -0.409 e. The van der Waals surface area contributed by atoms with Crippen LogP contribution in [0.25, 0.3) is 0 Å². The molecule has 0 heterocycles. The molecule has 0 fully saturated rings. The van der Waals surface area contributed by atoms with Crippen molar-refractivity contribution in [3.8, 4) is 0 Å². The first-order valence-electron chi connectivity index (χ1n) is 5.79. The minimum absolute atomic E-state index is 0.144. The van der Waals surface area contributed by atoms with Gasteiger partial charge in [-0.1, -0.05) is 5.16 Å². The number of rotatable bonds is 7. The maximum Gasteiger partial charge on any atom is 0.217 e. The van der Waals surface area contributed by atoms with Gasteiger partial charge in [0.05, 0.1) is 0 Å². The Labute approximate surface area is 110 Å². The fourth-order valence-corrected chi connectivity index (χ4v) is 1.58. The second kappa shape index (κ2) is 7.32. The molecule has 1 rings (SSSR count). The van der Waals surface area contributed by atoms with Crippen molar-refractivity contribution in [2.24, 2.45) is 16.6 Å². The predicted molar refractivity (Wildman–Crippen MR) is 69.0 cm³/mol. The molecular formula is C12H17FN4O2. The molecule has 0 bridgehead atoms. The first-order valence-corrected chi connectivity index (χ1v) is 5.79. The molecule has 0 aliphatic rings. The molecule has 0 unspecified atom stereocenters. The smallest absolute Gasteiger partial charge is 0.217 e. The van der Waals surface area contributed by atoms with Crippen molar-refractivity contribution < 1.29 is 14.4 Å². The fraction of sp³-hybridized carbons (Fsp3) is 0.333. The Morgan fingerprint density at radius 3 is 2.74 bits per heavy atom. The summed E-state index contributed by atoms with van der Waals surface area (Å²) in [6.45, 7) is 1.01. The highest BCUT2D eigenvalue weighted by atomic mass is 19.1. The number of nitrogens with two attached hydrogens (primary N) is 2. The topological polar surface area (TPSA) is 114 Å². The zero-order valence-corrected chi connectivity index (χ0v) is 10.4. The van der Waals surface area contributed by atoms with E-state index in [1.807, 2.05) is 0 Å². The predicted octanol–water partition coefficient (Wildman–Crippen LogP) is 0.275. The normalized spacial score (nSPS) is 11.5. The third-order valence-electron chi connectivity index (χ3n) is 2.47. The van der Waals surface area contributed by atoms with Crippen LogP contribution in [0.5, 0.6) is 0 Å². The quantitative estimate of drug-likeness (QED) is 0.187. The lowest BCUT2D eigenvalue weighted by molar-refractivity contribution is -0.118. The van der Waals surface area contributed by atoms with E-state index >= 15 is 0 Å². The summed E-state index contributed by atoms with van der Waals surface area (Å²) in [5.41, 5.74) is 11.4. The first-order chi connectivity index (χ1) is 9.02. The molecule has 0 atom stereocenters. The summed E-state index contributed by atoms with van der Waals surface area (Å²) in [4.78, 5) is 10.5. The van der Waals surface area contributed by atoms with E-state index in [2.05, 4.69) is 10.5 Å². The van der Waals surface area contributed by atoms with Crippen molar-refractivity contribution in [1.82, 2.24) is 5.32 Å². The Balaban J connectivity index is 2.54. The highest BCUT2D eigenvalue weighted by Gasteiger charge is 2.04. The van der Waals surface area contributed by atoms with E-state index in [0.717, 1.165) is 0 Å². The molecular weight excluding hydrogens is 251 g/mol. The molecule has 104 valence electrons. The fourth-order valence-electron chi connectivity index (χ4n) is 1.58. The van der Waals surface area contributed by atoms with E-state index in [4.69, 9.17) is 16.7 Å². The number of carbonyl (C=O) groups is 1. The molecule has 1 aromatic carbocycles. The number of oxime groups is 1. The van der Waals surface area contributed by atoms with Gasteiger partial charge in [-0.3, -0.25) is 4.79 Å². The van der Waals surface area contributed by atoms with E-state index in [1.165, 1.54) is 12.1 Å². The van der Waals surface area contributed by atoms with Crippen LogP contribution in [0.1, 0.15) is 24.0 Å². The number of amides is 1. The van der Waals surface area contributed by atoms with Crippen LogP contribution >= 0.6 is 0 Å². The summed E-state index contributed by atoms with van der Waals surface area (Å²) in [5.74, 6) is -0.950. The van der Waals surface area contributed by atoms with Crippen molar-refractivity contribution in [3.63, 3.8) is 0 Å². The lowest BCUT2D eigenvalue weighted by Crippen LogP contribution is -2.19. The van der Waals surface area contributed by atoms with Gasteiger partial charge in [0.25, 0.3) is 0 Å². The molecule has 0 saturated carbocycles. The van der Waals surface area contributed by atoms with Crippen LogP contribution in [0.2, 0.25) is 0 Å². The summed E-state index contributed by atoms with van der Waals surface area (Å²) in [6.07, 6.45) is 0.934. The standard InChI is InChI=1S/C12H17FN4O2/c13-10-5-8(4-9(6-10)12(15)17-19)7-16-3-1-2-11(14)18/h4-6,16,19H,1-3,7H2,(H2,14,18)(H2,15,17). The van der Waals surface area contributed by atoms with Crippen LogP contribution in [0.4, 0.5) is 4.39 Å². The van der Waals surface area contributed by atoms with E-state index in [-0.39, 0.29) is 11.7 Å². The van der Waals surface area contributed by atoms with Gasteiger partial charge in [-0.2, -0.15) is 0 Å². The van der Waals surface area contributed by atoms with Gasteiger partial charge in [0.15, 0.2) is 5.84 Å². The lowest BCUT2D eigenvalue weighted by Gasteiger charge is -2.07. The first kappa shape index (κ1) is 14.9. The molecule has 0 aliphatic carbocycles. The summed E-state index contributed by atoms with van der Waals surface area (Å²) in [7, 11) is 0. The van der Waals surface area contributed by atoms with Crippen molar-refractivity contribution in [1.29, 1.82) is 0 Å². The minimum atomic E-state index is -0.460. The van der Waals surface area contributed by atoms with Crippen LogP contribution in [0, 0.1) is 5.82 Å². The number of nitrogens with one attached hydrogen (secondary N) is 1. The zero-order valence-electron chi connectivity index (χ0n) is 10.4. The van der Waals surface area contributed by atoms with E-state index in [1.54, 1.807) is 6.07 Å². The second-order valence-electron chi connectivity index (χ2n) is 4.08. The van der Waals surface area contributed by atoms with Crippen LogP contribution in [0.3, 0.4) is 0 Å². The number of amidine groups is 1. The number of primary amides is 1. The Morgan fingerprint density at radius 1 is 1.37 bits per heavy atom. The Morgan fingerprint density at radius 2 is 2.11 bits per heavy atom. The van der Waals surface area contributed by atoms with Crippen LogP contribution in [-0.4, -0.2) is 23.5 Å². The molecule has 19 heavy (non-hydrogen) atoms. The number of halogens is 1. The zero-order chi connectivity index (χ0) is 14.3. The van der Waals surface area contributed by atoms with E-state index < -0.39 is 5.82 Å². The summed E-state index contributed by atoms with van der Waals surface area (Å²) >= 11 is 0. The maximum atomic E-state index is 13.3. The second-order valence-corrected chi connectivity index (χ2v) is 4.08. The van der Waals surface area contributed by atoms with Crippen molar-refractivity contribution in [2.75, 3.05) is 6.54 Å². The van der Waals surface area contributed by atoms with E-state index in [9.17, 15) is 9.18 Å². The maximum absolute atomic E-state index is 13.3. The highest BCUT2D eigenvalue weighted by molar-refractivity contribution is 5.97. The number of carbonyl (C=O) groups excluding carboxylic acids is 1. The highest BCUT2D eigenvalue weighted by Crippen LogP contribution is 2.09. The third-order valence-corrected chi connectivity index (χ3v) is 2.47. The SMILES string of the molecule is NC(=O)CCCNCc1cc(F)cc(/C(N)=N/O)c1. The molecule has 0 aromatic heterocycles. The van der Waals surface area contributed by atoms with Crippen molar-refractivity contribution in [3.05, 3.63) is 35.1 Å². The number of nitrogens with zero attached hydrogens (tertiary/aromatic N) is 1. The van der Waals surface area contributed by atoms with Gasteiger partial charge in [-0.25, -0.2) is 4.39 Å². The van der Waals surface area contributed by atoms with Crippen LogP contribution in [0.15, 0.2) is 23.4 Å². The number of hydrogen-bond acceptors (Lipinski definition) is 4. The molecule has 0 spiro atoms. The monoisotopic (exact) mass is 268 g/mol. The Kier molecular flexibility index (Phi) is 5.74. The molecule has 1 amide bonds. The summed E-state index contributed by atoms with van der Waals surface area (Å²) < 4.78 is 13.3. The average Bonchev–Trinajstić information content (AvgIpc) is 2.36. The Hall–Kier alpha value is -2.15. The number of hydrogen-bond donors (Lipinski definition) is 4. The van der Waals surface area contributed by atoms with E-state index in [0.29, 0.717) is 37.1 Å². The van der Waals surface area contributed by atoms with Crippen molar-refractivity contribution in [2.45, 2.75) is 19.4 Å². The van der Waals surface area contributed by atoms with Gasteiger partial charge in [-0.05, 0) is 36.7 Å². The van der Waals surface area contributed by atoms with Gasteiger partial charge in [0.1, 0.15) is 5.82 Å². The number of benzene rings is 1. The average molecular weight is 268 g/mol. The van der Waals surface area contributed by atoms with Gasteiger partial charge < -0.3 is 22.0 Å². The molecule has 6 N–H and O–H groups in total. The molecule has 0 aliphatic heterocycles. The largest absolute Gasteiger partial charge is 0.409 e.